The van der Waals surface area contributed by atoms with Crippen molar-refractivity contribution in [3.05, 3.63) is 54.1 Å². The van der Waals surface area contributed by atoms with Gasteiger partial charge < -0.3 is 10.1 Å². The van der Waals surface area contributed by atoms with Crippen LogP contribution in [-0.4, -0.2) is 40.9 Å². The van der Waals surface area contributed by atoms with Gasteiger partial charge in [-0.3, -0.25) is 4.79 Å². The molecule has 0 spiro atoms. The molecule has 1 aliphatic heterocycles. The second kappa shape index (κ2) is 9.23. The van der Waals surface area contributed by atoms with Crippen molar-refractivity contribution in [2.75, 3.05) is 18.9 Å². The zero-order valence-electron chi connectivity index (χ0n) is 16.5. The van der Waals surface area contributed by atoms with Gasteiger partial charge in [-0.2, -0.15) is 13.2 Å². The lowest BCUT2D eigenvalue weighted by atomic mass is 10.1. The topological polar surface area (TPSA) is 64.1 Å². The highest BCUT2D eigenvalue weighted by Crippen LogP contribution is 2.37. The number of aromatic nitrogens is 2. The summed E-state index contributed by atoms with van der Waals surface area (Å²) in [6, 6.07) is 12.7. The summed E-state index contributed by atoms with van der Waals surface area (Å²) in [7, 11) is 0. The maximum atomic E-state index is 13.6. The third kappa shape index (κ3) is 5.16. The number of benzene rings is 2. The number of fused-ring (bicyclic) bond motifs is 1. The number of rotatable bonds is 6. The fraction of sp³-hybridized carbons (Fsp3) is 0.318. The number of carbonyl (C=O) groups excluding carboxylic acids is 1. The number of hydrogen-bond donors (Lipinski definition) is 1. The fourth-order valence-electron chi connectivity index (χ4n) is 3.40. The molecule has 0 radical (unpaired) electrons. The van der Waals surface area contributed by atoms with Gasteiger partial charge in [0.25, 0.3) is 0 Å². The SMILES string of the molecule is O=C(CSc1nc(-c2ccccc2)nc2c(C(F)(F)F)cccc12)NC[C@H]1CCCO1. The number of carbonyl (C=O) groups is 1. The van der Waals surface area contributed by atoms with Crippen molar-refractivity contribution >= 4 is 28.6 Å². The van der Waals surface area contributed by atoms with Gasteiger partial charge in [-0.25, -0.2) is 9.97 Å². The molecule has 1 fully saturated rings. The smallest absolute Gasteiger partial charge is 0.376 e. The number of ether oxygens (including phenoxy) is 1. The van der Waals surface area contributed by atoms with Crippen LogP contribution in [0.3, 0.4) is 0 Å². The lowest BCUT2D eigenvalue weighted by molar-refractivity contribution is -0.136. The highest BCUT2D eigenvalue weighted by Gasteiger charge is 2.34. The fourth-order valence-corrected chi connectivity index (χ4v) is 4.24. The number of alkyl halides is 3. The van der Waals surface area contributed by atoms with Gasteiger partial charge in [0.05, 0.1) is 22.9 Å². The Hall–Kier alpha value is -2.65. The maximum absolute atomic E-state index is 13.6. The van der Waals surface area contributed by atoms with E-state index in [0.29, 0.717) is 23.7 Å². The van der Waals surface area contributed by atoms with E-state index in [9.17, 15) is 18.0 Å². The summed E-state index contributed by atoms with van der Waals surface area (Å²) in [6.07, 6.45) is -2.65. The number of nitrogens with zero attached hydrogens (tertiary/aromatic N) is 2. The molecule has 5 nitrogen and oxygen atoms in total. The average Bonchev–Trinajstić information content (AvgIpc) is 3.29. The highest BCUT2D eigenvalue weighted by atomic mass is 32.2. The molecule has 1 aliphatic rings. The van der Waals surface area contributed by atoms with Gasteiger partial charge in [0, 0.05) is 24.1 Å². The van der Waals surface area contributed by atoms with E-state index in [1.165, 1.54) is 6.07 Å². The lowest BCUT2D eigenvalue weighted by Crippen LogP contribution is -2.32. The van der Waals surface area contributed by atoms with Crippen molar-refractivity contribution in [2.24, 2.45) is 0 Å². The normalized spacial score (nSPS) is 16.5. The number of para-hydroxylation sites is 1. The molecule has 9 heteroatoms. The molecule has 0 saturated carbocycles. The van der Waals surface area contributed by atoms with Gasteiger partial charge in [-0.1, -0.05) is 54.2 Å². The van der Waals surface area contributed by atoms with Crippen molar-refractivity contribution in [3.8, 4) is 11.4 Å². The predicted molar refractivity (Wildman–Crippen MR) is 113 cm³/mol. The van der Waals surface area contributed by atoms with Crippen molar-refractivity contribution in [3.63, 3.8) is 0 Å². The molecule has 0 aliphatic carbocycles. The Kier molecular flexibility index (Phi) is 6.43. The summed E-state index contributed by atoms with van der Waals surface area (Å²) >= 11 is 1.10. The molecular formula is C22H20F3N3O2S. The molecule has 1 amide bonds. The van der Waals surface area contributed by atoms with Crippen molar-refractivity contribution < 1.29 is 22.7 Å². The van der Waals surface area contributed by atoms with Crippen LogP contribution in [0.1, 0.15) is 18.4 Å². The van der Waals surface area contributed by atoms with E-state index in [2.05, 4.69) is 15.3 Å². The number of halogens is 3. The maximum Gasteiger partial charge on any atom is 0.418 e. The molecule has 3 aromatic rings. The van der Waals surface area contributed by atoms with Crippen LogP contribution < -0.4 is 5.32 Å². The minimum atomic E-state index is -4.55. The molecule has 1 atom stereocenters. The number of amides is 1. The first-order valence-corrected chi connectivity index (χ1v) is 10.8. The second-order valence-corrected chi connectivity index (χ2v) is 8.11. The number of thioether (sulfide) groups is 1. The Morgan fingerprint density at radius 3 is 2.65 bits per heavy atom. The molecular weight excluding hydrogens is 427 g/mol. The Morgan fingerprint density at radius 2 is 1.94 bits per heavy atom. The van der Waals surface area contributed by atoms with E-state index in [-0.39, 0.29) is 34.5 Å². The van der Waals surface area contributed by atoms with Gasteiger partial charge in [0.2, 0.25) is 5.91 Å². The van der Waals surface area contributed by atoms with E-state index in [1.807, 2.05) is 0 Å². The van der Waals surface area contributed by atoms with Crippen LogP contribution in [0.2, 0.25) is 0 Å². The van der Waals surface area contributed by atoms with Crippen LogP contribution in [0, 0.1) is 0 Å². The molecule has 2 aromatic carbocycles. The van der Waals surface area contributed by atoms with Gasteiger partial charge in [-0.05, 0) is 18.9 Å². The van der Waals surface area contributed by atoms with E-state index in [1.54, 1.807) is 36.4 Å². The van der Waals surface area contributed by atoms with E-state index < -0.39 is 11.7 Å². The van der Waals surface area contributed by atoms with Crippen molar-refractivity contribution in [1.29, 1.82) is 0 Å². The van der Waals surface area contributed by atoms with E-state index in [0.717, 1.165) is 30.7 Å². The van der Waals surface area contributed by atoms with E-state index in [4.69, 9.17) is 4.74 Å². The molecule has 31 heavy (non-hydrogen) atoms. The molecule has 1 saturated heterocycles. The summed E-state index contributed by atoms with van der Waals surface area (Å²) in [5.74, 6) is -0.00360. The Bertz CT molecular complexity index is 1070. The zero-order valence-corrected chi connectivity index (χ0v) is 17.3. The van der Waals surface area contributed by atoms with Crippen LogP contribution in [0.15, 0.2) is 53.6 Å². The molecule has 4 rings (SSSR count). The minimum absolute atomic E-state index is 0.0212. The monoisotopic (exact) mass is 447 g/mol. The third-order valence-corrected chi connectivity index (χ3v) is 5.91. The van der Waals surface area contributed by atoms with E-state index >= 15 is 0 Å². The molecule has 162 valence electrons. The van der Waals surface area contributed by atoms with Gasteiger partial charge in [-0.15, -0.1) is 0 Å². The second-order valence-electron chi connectivity index (χ2n) is 7.15. The first-order chi connectivity index (χ1) is 14.9. The Morgan fingerprint density at radius 1 is 1.13 bits per heavy atom. The summed E-state index contributed by atoms with van der Waals surface area (Å²) in [4.78, 5) is 21.0. The van der Waals surface area contributed by atoms with Gasteiger partial charge in [0.1, 0.15) is 5.03 Å². The van der Waals surface area contributed by atoms with Crippen molar-refractivity contribution in [2.45, 2.75) is 30.1 Å². The average molecular weight is 447 g/mol. The number of nitrogens with one attached hydrogen (secondary N) is 1. The third-order valence-electron chi connectivity index (χ3n) is 4.92. The molecule has 1 aromatic heterocycles. The Balaban J connectivity index is 1.63. The van der Waals surface area contributed by atoms with Crippen LogP contribution in [0.5, 0.6) is 0 Å². The first-order valence-electron chi connectivity index (χ1n) is 9.86. The van der Waals surface area contributed by atoms with Crippen LogP contribution in [0.4, 0.5) is 13.2 Å². The lowest BCUT2D eigenvalue weighted by Gasteiger charge is -2.14. The van der Waals surface area contributed by atoms with Crippen LogP contribution >= 0.6 is 11.8 Å². The molecule has 1 N–H and O–H groups in total. The summed E-state index contributed by atoms with van der Waals surface area (Å²) in [5.41, 5.74) is -0.397. The van der Waals surface area contributed by atoms with Gasteiger partial charge >= 0.3 is 6.18 Å². The largest absolute Gasteiger partial charge is 0.418 e. The molecule has 0 unspecified atom stereocenters. The number of hydrogen-bond acceptors (Lipinski definition) is 5. The highest BCUT2D eigenvalue weighted by molar-refractivity contribution is 8.00. The summed E-state index contributed by atoms with van der Waals surface area (Å²) < 4.78 is 46.3. The quantitative estimate of drug-likeness (QED) is 0.438. The van der Waals surface area contributed by atoms with Crippen LogP contribution in [-0.2, 0) is 15.7 Å². The van der Waals surface area contributed by atoms with Crippen LogP contribution in [0.25, 0.3) is 22.3 Å². The van der Waals surface area contributed by atoms with Gasteiger partial charge in [0.15, 0.2) is 5.82 Å². The predicted octanol–water partition coefficient (Wildman–Crippen LogP) is 4.70. The standard InChI is InChI=1S/C22H20F3N3O2S/c23-22(24,25)17-10-4-9-16-19(17)27-20(14-6-2-1-3-7-14)28-21(16)31-13-18(29)26-12-15-8-5-11-30-15/h1-4,6-7,9-10,15H,5,8,11-13H2,(H,26,29)/t15-/m1/s1. The molecule has 2 heterocycles. The molecule has 0 bridgehead atoms. The summed E-state index contributed by atoms with van der Waals surface area (Å²) in [5, 5.41) is 3.42. The summed E-state index contributed by atoms with van der Waals surface area (Å²) in [6.45, 7) is 1.13. The zero-order chi connectivity index (χ0) is 21.8. The van der Waals surface area contributed by atoms with Crippen molar-refractivity contribution in [1.82, 2.24) is 15.3 Å². The minimum Gasteiger partial charge on any atom is -0.376 e. The first kappa shape index (κ1) is 21.6. The Labute approximate surface area is 181 Å².